The smallest absolute Gasteiger partial charge is 0.303 e. The molecular weight excluding hydrogens is 801 g/mol. The second-order valence-corrected chi connectivity index (χ2v) is 15.3. The second kappa shape index (κ2) is 22.4. The third kappa shape index (κ3) is 15.1. The molecule has 10 atom stereocenters. The summed E-state index contributed by atoms with van der Waals surface area (Å²) in [5.41, 5.74) is 1.94. The van der Waals surface area contributed by atoms with Gasteiger partial charge in [-0.3, -0.25) is 24.6 Å². The van der Waals surface area contributed by atoms with Crippen molar-refractivity contribution in [2.24, 2.45) is 11.8 Å². The fourth-order valence-electron chi connectivity index (χ4n) is 5.96. The van der Waals surface area contributed by atoms with Crippen molar-refractivity contribution in [3.8, 4) is 0 Å². The predicted molar refractivity (Wildman–Crippen MR) is 201 cm³/mol. The maximum atomic E-state index is 11.7. The first-order chi connectivity index (χ1) is 26.4. The highest BCUT2D eigenvalue weighted by Gasteiger charge is 2.50. The van der Waals surface area contributed by atoms with Crippen LogP contribution in [0.15, 0.2) is 60.7 Å². The van der Waals surface area contributed by atoms with Crippen molar-refractivity contribution in [2.75, 3.05) is 13.2 Å². The molecule has 56 heavy (non-hydrogen) atoms. The maximum Gasteiger partial charge on any atom is 0.303 e. The SMILES string of the molecule is CC(=O)OC1C(COCc2ccccc2)OC(OC(=N)C(Cl)(Cl)Cl)C(OC(C)=O)C1C.CC(=O)OC1C(O)OC(COCc2ccccc2)C(OC(C)=O)C1C. The van der Waals surface area contributed by atoms with E-state index in [0.29, 0.717) is 13.2 Å². The van der Waals surface area contributed by atoms with E-state index in [9.17, 15) is 24.3 Å². The highest BCUT2D eigenvalue weighted by molar-refractivity contribution is 6.76. The van der Waals surface area contributed by atoms with E-state index in [4.69, 9.17) is 82.8 Å². The van der Waals surface area contributed by atoms with Crippen molar-refractivity contribution in [1.29, 1.82) is 5.41 Å². The van der Waals surface area contributed by atoms with Crippen LogP contribution in [0.1, 0.15) is 52.7 Å². The number of hydrogen-bond donors (Lipinski definition) is 2. The summed E-state index contributed by atoms with van der Waals surface area (Å²) in [5.74, 6) is -3.90. The number of alkyl halides is 3. The number of rotatable bonds is 13. The van der Waals surface area contributed by atoms with Crippen molar-refractivity contribution >= 4 is 64.6 Å². The summed E-state index contributed by atoms with van der Waals surface area (Å²) < 4.78 is 47.2. The molecule has 0 amide bonds. The molecule has 0 bridgehead atoms. The van der Waals surface area contributed by atoms with Crippen LogP contribution in [0.2, 0.25) is 0 Å². The van der Waals surface area contributed by atoms with Crippen LogP contribution in [0.25, 0.3) is 0 Å². The van der Waals surface area contributed by atoms with Gasteiger partial charge in [-0.05, 0) is 11.1 Å². The average molecular weight is 849 g/mol. The van der Waals surface area contributed by atoms with Crippen LogP contribution >= 0.6 is 34.8 Å². The zero-order valence-corrected chi connectivity index (χ0v) is 34.0. The Balaban J connectivity index is 0.000000307. The van der Waals surface area contributed by atoms with Gasteiger partial charge in [0, 0.05) is 39.5 Å². The molecule has 0 aliphatic carbocycles. The number of carbonyl (C=O) groups is 4. The van der Waals surface area contributed by atoms with Crippen LogP contribution in [0.4, 0.5) is 0 Å². The van der Waals surface area contributed by atoms with Crippen LogP contribution < -0.4 is 0 Å². The molecule has 2 aromatic carbocycles. The van der Waals surface area contributed by atoms with Gasteiger partial charge in [0.2, 0.25) is 12.2 Å². The second-order valence-electron chi connectivity index (χ2n) is 13.1. The molecule has 4 rings (SSSR count). The lowest BCUT2D eigenvalue weighted by atomic mass is 9.90. The van der Waals surface area contributed by atoms with E-state index in [1.165, 1.54) is 27.7 Å². The van der Waals surface area contributed by atoms with Crippen LogP contribution in [-0.4, -0.2) is 101 Å². The first-order valence-electron chi connectivity index (χ1n) is 17.6. The van der Waals surface area contributed by atoms with E-state index >= 15 is 0 Å². The Morgan fingerprint density at radius 3 is 1.41 bits per heavy atom. The molecule has 0 radical (unpaired) electrons. The zero-order chi connectivity index (χ0) is 41.6. The van der Waals surface area contributed by atoms with E-state index < -0.39 is 94.6 Å². The molecule has 18 heteroatoms. The van der Waals surface area contributed by atoms with Crippen LogP contribution in [0, 0.1) is 17.2 Å². The molecule has 2 heterocycles. The predicted octanol–water partition coefficient (Wildman–Crippen LogP) is 5.21. The van der Waals surface area contributed by atoms with Gasteiger partial charge in [0.25, 0.3) is 3.79 Å². The van der Waals surface area contributed by atoms with Crippen LogP contribution in [-0.2, 0) is 75.0 Å². The molecule has 2 saturated heterocycles. The minimum absolute atomic E-state index is 0.0327. The van der Waals surface area contributed by atoms with Crippen molar-refractivity contribution < 1.29 is 66.9 Å². The number of esters is 4. The monoisotopic (exact) mass is 847 g/mol. The lowest BCUT2D eigenvalue weighted by Crippen LogP contribution is -2.58. The van der Waals surface area contributed by atoms with Gasteiger partial charge in [-0.1, -0.05) is 109 Å². The largest absolute Gasteiger partial charge is 0.459 e. The van der Waals surface area contributed by atoms with Crippen LogP contribution in [0.5, 0.6) is 0 Å². The van der Waals surface area contributed by atoms with E-state index in [-0.39, 0.29) is 13.2 Å². The number of carbonyl (C=O) groups excluding carboxylic acids is 4. The van der Waals surface area contributed by atoms with Crippen molar-refractivity contribution in [3.63, 3.8) is 0 Å². The summed E-state index contributed by atoms with van der Waals surface area (Å²) in [7, 11) is 0. The molecule has 310 valence electrons. The lowest BCUT2D eigenvalue weighted by Gasteiger charge is -2.44. The fraction of sp³-hybridized carbons (Fsp3) is 0.553. The first-order valence-corrected chi connectivity index (χ1v) is 18.7. The van der Waals surface area contributed by atoms with Gasteiger partial charge in [0.05, 0.1) is 26.4 Å². The third-order valence-electron chi connectivity index (χ3n) is 8.47. The van der Waals surface area contributed by atoms with Crippen molar-refractivity contribution in [1.82, 2.24) is 0 Å². The Kier molecular flexibility index (Phi) is 18.7. The maximum absolute atomic E-state index is 11.7. The fourth-order valence-corrected chi connectivity index (χ4v) is 6.10. The normalized spacial score (nSPS) is 27.4. The van der Waals surface area contributed by atoms with Gasteiger partial charge in [-0.2, -0.15) is 0 Å². The molecular formula is C38H48Cl3NO14. The number of aliphatic hydroxyl groups excluding tert-OH is 1. The van der Waals surface area contributed by atoms with Gasteiger partial charge >= 0.3 is 23.9 Å². The Hall–Kier alpha value is -3.54. The molecule has 15 nitrogen and oxygen atoms in total. The number of aliphatic hydroxyl groups is 1. The molecule has 2 aliphatic rings. The summed E-state index contributed by atoms with van der Waals surface area (Å²) in [6.07, 6.45) is -7.48. The molecule has 10 unspecified atom stereocenters. The summed E-state index contributed by atoms with van der Waals surface area (Å²) in [6, 6.07) is 19.1. The topological polar surface area (TPSA) is 195 Å². The van der Waals surface area contributed by atoms with Gasteiger partial charge in [0.1, 0.15) is 24.4 Å². The van der Waals surface area contributed by atoms with Gasteiger partial charge in [-0.15, -0.1) is 0 Å². The summed E-state index contributed by atoms with van der Waals surface area (Å²) in [4.78, 5) is 45.9. The Bertz CT molecular complexity index is 1580. The third-order valence-corrected chi connectivity index (χ3v) is 8.98. The molecule has 0 aromatic heterocycles. The number of ether oxygens (including phenoxy) is 9. The standard InChI is InChI=1S/C20H24Cl3NO7.C18H24O7/c1-11-16(28-12(2)25)15(10-27-9-14-7-5-4-6-8-14)30-18(17(11)29-13(3)26)31-19(24)20(21,22)23;1-11-16(23-12(2)19)15(25-18(21)17(11)24-13(3)20)10-22-9-14-7-5-4-6-8-14/h4-8,11,15-18,24H,9-10H2,1-3H3;4-8,11,15-18,21H,9-10H2,1-3H3. The number of hydrogen-bond acceptors (Lipinski definition) is 15. The Morgan fingerprint density at radius 2 is 1.00 bits per heavy atom. The molecule has 2 aromatic rings. The summed E-state index contributed by atoms with van der Waals surface area (Å²) in [5, 5.41) is 18.0. The van der Waals surface area contributed by atoms with Gasteiger partial charge in [-0.25, -0.2) is 0 Å². The molecule has 2 N–H and O–H groups in total. The molecule has 0 spiro atoms. The Morgan fingerprint density at radius 1 is 0.625 bits per heavy atom. The number of nitrogens with one attached hydrogen (secondary N) is 1. The quantitative estimate of drug-likeness (QED) is 0.0877. The lowest BCUT2D eigenvalue weighted by molar-refractivity contribution is -0.281. The Labute approximate surface area is 340 Å². The van der Waals surface area contributed by atoms with Crippen molar-refractivity contribution in [2.45, 2.75) is 108 Å². The average Bonchev–Trinajstić information content (AvgIpc) is 3.11. The van der Waals surface area contributed by atoms with E-state index in [0.717, 1.165) is 11.1 Å². The van der Waals surface area contributed by atoms with Gasteiger partial charge < -0.3 is 47.7 Å². The zero-order valence-electron chi connectivity index (χ0n) is 31.8. The van der Waals surface area contributed by atoms with E-state index in [2.05, 4.69) is 0 Å². The minimum Gasteiger partial charge on any atom is -0.459 e. The highest BCUT2D eigenvalue weighted by Crippen LogP contribution is 2.35. The summed E-state index contributed by atoms with van der Waals surface area (Å²) in [6.45, 7) is 9.26. The molecule has 2 aliphatic heterocycles. The van der Waals surface area contributed by atoms with Gasteiger partial charge in [0.15, 0.2) is 18.5 Å². The highest BCUT2D eigenvalue weighted by atomic mass is 35.6. The number of halogens is 3. The minimum atomic E-state index is -2.14. The number of benzene rings is 2. The van der Waals surface area contributed by atoms with E-state index in [1.54, 1.807) is 13.8 Å². The molecule has 0 saturated carbocycles. The van der Waals surface area contributed by atoms with E-state index in [1.807, 2.05) is 60.7 Å². The van der Waals surface area contributed by atoms with Crippen molar-refractivity contribution in [3.05, 3.63) is 71.8 Å². The van der Waals surface area contributed by atoms with Crippen LogP contribution in [0.3, 0.4) is 0 Å². The first kappa shape index (κ1) is 46.8. The molecule has 2 fully saturated rings. The summed E-state index contributed by atoms with van der Waals surface area (Å²) >= 11 is 17.1.